The lowest BCUT2D eigenvalue weighted by molar-refractivity contribution is -0.209. The predicted molar refractivity (Wildman–Crippen MR) is 141 cm³/mol. The molecule has 3 aromatic heterocycles. The Balaban J connectivity index is 1.11. The minimum Gasteiger partial charge on any atom is -0.392 e. The maximum atomic E-state index is 13.2. The number of aliphatic hydroxyl groups excluding tert-OH is 1. The summed E-state index contributed by atoms with van der Waals surface area (Å²) in [4.78, 5) is 43.3. The molecule has 4 unspecified atom stereocenters. The van der Waals surface area contributed by atoms with Crippen molar-refractivity contribution in [2.45, 2.75) is 50.7 Å². The van der Waals surface area contributed by atoms with Crippen LogP contribution in [-0.4, -0.2) is 79.5 Å². The van der Waals surface area contributed by atoms with E-state index in [1.165, 1.54) is 0 Å². The number of rotatable bonds is 5. The molecule has 2 amide bonds. The highest BCUT2D eigenvalue weighted by molar-refractivity contribution is 5.98. The van der Waals surface area contributed by atoms with Crippen LogP contribution >= 0.6 is 0 Å². The quantitative estimate of drug-likeness (QED) is 0.536. The maximum absolute atomic E-state index is 13.2. The van der Waals surface area contributed by atoms with Crippen LogP contribution in [0.4, 0.5) is 11.8 Å². The van der Waals surface area contributed by atoms with Crippen LogP contribution in [-0.2, 0) is 0 Å². The van der Waals surface area contributed by atoms with Gasteiger partial charge in [0.05, 0.1) is 11.7 Å². The number of anilines is 2. The van der Waals surface area contributed by atoms with Crippen molar-refractivity contribution < 1.29 is 14.7 Å². The zero-order chi connectivity index (χ0) is 26.2. The Labute approximate surface area is 221 Å². The highest BCUT2D eigenvalue weighted by Crippen LogP contribution is 2.67. The lowest BCUT2D eigenvalue weighted by Crippen LogP contribution is -2.65. The number of hydrogen-bond acceptors (Lipinski definition) is 7. The largest absolute Gasteiger partial charge is 0.392 e. The van der Waals surface area contributed by atoms with Crippen molar-refractivity contribution in [3.63, 3.8) is 0 Å². The second kappa shape index (κ2) is 8.49. The van der Waals surface area contributed by atoms with Gasteiger partial charge in [-0.05, 0) is 49.8 Å². The van der Waals surface area contributed by atoms with E-state index in [4.69, 9.17) is 4.98 Å². The van der Waals surface area contributed by atoms with E-state index in [2.05, 4.69) is 19.9 Å². The van der Waals surface area contributed by atoms with E-state index < -0.39 is 0 Å². The summed E-state index contributed by atoms with van der Waals surface area (Å²) in [5, 5.41) is 14.4. The molecule has 38 heavy (non-hydrogen) atoms. The first-order valence-electron chi connectivity index (χ1n) is 13.7. The molecule has 0 aromatic carbocycles. The number of hydrogen-bond donors (Lipinski definition) is 2. The van der Waals surface area contributed by atoms with Crippen LogP contribution < -0.4 is 5.32 Å². The third-order valence-corrected chi connectivity index (χ3v) is 9.55. The molecular formula is C28H33N7O3. The van der Waals surface area contributed by atoms with Crippen molar-refractivity contribution in [3.05, 3.63) is 41.9 Å². The van der Waals surface area contributed by atoms with Crippen molar-refractivity contribution in [1.29, 1.82) is 0 Å². The average molecular weight is 516 g/mol. The fourth-order valence-corrected chi connectivity index (χ4v) is 7.46. The normalized spacial score (nSPS) is 28.0. The Kier molecular flexibility index (Phi) is 5.27. The molecule has 7 rings (SSSR count). The van der Waals surface area contributed by atoms with Crippen LogP contribution in [0.3, 0.4) is 0 Å². The molecule has 3 aliphatic carbocycles. The van der Waals surface area contributed by atoms with Gasteiger partial charge in [-0.15, -0.1) is 0 Å². The summed E-state index contributed by atoms with van der Waals surface area (Å²) in [5.74, 6) is 1.46. The van der Waals surface area contributed by atoms with Gasteiger partial charge in [0.2, 0.25) is 5.95 Å². The van der Waals surface area contributed by atoms with Gasteiger partial charge in [0.25, 0.3) is 11.8 Å². The van der Waals surface area contributed by atoms with Crippen LogP contribution in [0, 0.1) is 17.3 Å². The molecule has 1 aliphatic heterocycles. The van der Waals surface area contributed by atoms with Gasteiger partial charge in [-0.2, -0.15) is 4.98 Å². The van der Waals surface area contributed by atoms with Gasteiger partial charge < -0.3 is 24.8 Å². The first-order chi connectivity index (χ1) is 18.4. The van der Waals surface area contributed by atoms with Crippen molar-refractivity contribution in [2.24, 2.45) is 17.3 Å². The highest BCUT2D eigenvalue weighted by atomic mass is 16.3. The molecule has 2 N–H and O–H groups in total. The molecule has 4 atom stereocenters. The number of likely N-dealkylation sites (tertiary alicyclic amines) is 1. The molecule has 10 nitrogen and oxygen atoms in total. The fraction of sp³-hybridized carbons (Fsp3) is 0.536. The van der Waals surface area contributed by atoms with E-state index in [0.717, 1.165) is 56.1 Å². The number of pyridine rings is 1. The minimum absolute atomic E-state index is 0.0316. The molecule has 1 saturated heterocycles. The summed E-state index contributed by atoms with van der Waals surface area (Å²) >= 11 is 0. The highest BCUT2D eigenvalue weighted by Gasteiger charge is 2.70. The number of nitrogens with one attached hydrogen (secondary N) is 1. The Bertz CT molecular complexity index is 1430. The van der Waals surface area contributed by atoms with Crippen LogP contribution in [0.1, 0.15) is 65.4 Å². The van der Waals surface area contributed by atoms with Crippen molar-refractivity contribution in [2.75, 3.05) is 32.5 Å². The number of fused-ring (bicyclic) bond motifs is 1. The van der Waals surface area contributed by atoms with E-state index in [0.29, 0.717) is 35.5 Å². The van der Waals surface area contributed by atoms with E-state index in [-0.39, 0.29) is 35.3 Å². The number of amides is 2. The molecule has 4 fully saturated rings. The molecule has 198 valence electrons. The number of nitrogens with zero attached hydrogens (tertiary/aromatic N) is 6. The second-order valence-corrected chi connectivity index (χ2v) is 11.7. The predicted octanol–water partition coefficient (Wildman–Crippen LogP) is 3.23. The Morgan fingerprint density at radius 1 is 1.11 bits per heavy atom. The van der Waals surface area contributed by atoms with Crippen LogP contribution in [0.2, 0.25) is 0 Å². The van der Waals surface area contributed by atoms with Gasteiger partial charge in [-0.3, -0.25) is 9.59 Å². The standard InChI is InChI=1S/C28H33N7O3/c1-33(2)26(38)21-11-17-13-30-27(32-24(17)35(21)18-5-3-4-6-18)31-22-8-7-16(12-29-22)25(37)34-14-20-23(36)19-9-10-28(19,20)15-34/h7-8,11-13,18-20,23,36H,3-6,9-10,14-15H2,1-2H3,(H,29,30,31,32). The van der Waals surface area contributed by atoms with Gasteiger partial charge in [-0.1, -0.05) is 12.8 Å². The SMILES string of the molecule is CN(C)C(=O)c1cc2cnc(Nc3ccc(C(=O)N4CC5C(O)C6CCC65C4)cn3)nc2n1C1CCCC1. The summed E-state index contributed by atoms with van der Waals surface area (Å²) in [5.41, 5.74) is 2.08. The summed E-state index contributed by atoms with van der Waals surface area (Å²) in [6.45, 7) is 1.37. The van der Waals surface area contributed by atoms with Gasteiger partial charge >= 0.3 is 0 Å². The van der Waals surface area contributed by atoms with E-state index in [1.807, 2.05) is 11.0 Å². The van der Waals surface area contributed by atoms with Crippen LogP contribution in [0.5, 0.6) is 0 Å². The van der Waals surface area contributed by atoms with Gasteiger partial charge in [0.1, 0.15) is 17.2 Å². The maximum Gasteiger partial charge on any atom is 0.270 e. The Morgan fingerprint density at radius 3 is 2.58 bits per heavy atom. The molecule has 1 spiro atoms. The number of aliphatic hydroxyl groups is 1. The van der Waals surface area contributed by atoms with Crippen LogP contribution in [0.15, 0.2) is 30.6 Å². The molecule has 3 aromatic rings. The molecule has 3 saturated carbocycles. The summed E-state index contributed by atoms with van der Waals surface area (Å²) in [6.07, 6.45) is 9.61. The average Bonchev–Trinajstić information content (AvgIpc) is 3.64. The summed E-state index contributed by atoms with van der Waals surface area (Å²) in [6, 6.07) is 5.67. The third-order valence-electron chi connectivity index (χ3n) is 9.55. The van der Waals surface area contributed by atoms with Gasteiger partial charge in [0.15, 0.2) is 0 Å². The number of carbonyl (C=O) groups is 2. The van der Waals surface area contributed by atoms with E-state index in [9.17, 15) is 14.7 Å². The minimum atomic E-state index is -0.254. The molecule has 10 heteroatoms. The third kappa shape index (κ3) is 3.38. The molecular weight excluding hydrogens is 482 g/mol. The molecule has 0 radical (unpaired) electrons. The van der Waals surface area contributed by atoms with Gasteiger partial charge in [-0.25, -0.2) is 9.97 Å². The zero-order valence-corrected chi connectivity index (χ0v) is 21.8. The first kappa shape index (κ1) is 23.6. The lowest BCUT2D eigenvalue weighted by Gasteiger charge is -2.63. The molecule has 4 aliphatic rings. The van der Waals surface area contributed by atoms with Crippen molar-refractivity contribution in [3.8, 4) is 0 Å². The molecule has 0 bridgehead atoms. The number of carbonyl (C=O) groups excluding carboxylic acids is 2. The fourth-order valence-electron chi connectivity index (χ4n) is 7.46. The first-order valence-corrected chi connectivity index (χ1v) is 13.7. The zero-order valence-electron chi connectivity index (χ0n) is 21.8. The molecule has 4 heterocycles. The topological polar surface area (TPSA) is 116 Å². The second-order valence-electron chi connectivity index (χ2n) is 11.7. The lowest BCUT2D eigenvalue weighted by atomic mass is 9.42. The van der Waals surface area contributed by atoms with Crippen molar-refractivity contribution in [1.82, 2.24) is 29.3 Å². The Morgan fingerprint density at radius 2 is 1.92 bits per heavy atom. The smallest absolute Gasteiger partial charge is 0.270 e. The van der Waals surface area contributed by atoms with E-state index >= 15 is 0 Å². The Hall–Kier alpha value is -3.53. The van der Waals surface area contributed by atoms with Gasteiger partial charge in [0, 0.05) is 62.3 Å². The monoisotopic (exact) mass is 515 g/mol. The van der Waals surface area contributed by atoms with E-state index in [1.54, 1.807) is 43.5 Å². The summed E-state index contributed by atoms with van der Waals surface area (Å²) in [7, 11) is 3.53. The number of aromatic nitrogens is 4. The van der Waals surface area contributed by atoms with Crippen molar-refractivity contribution >= 4 is 34.6 Å². The van der Waals surface area contributed by atoms with Crippen LogP contribution in [0.25, 0.3) is 11.0 Å². The summed E-state index contributed by atoms with van der Waals surface area (Å²) < 4.78 is 2.08.